The Morgan fingerprint density at radius 2 is 1.31 bits per heavy atom. The van der Waals surface area contributed by atoms with Crippen molar-refractivity contribution in [2.24, 2.45) is 5.92 Å². The summed E-state index contributed by atoms with van der Waals surface area (Å²) in [5.74, 6) is -0.844. The van der Waals surface area contributed by atoms with Gasteiger partial charge in [0.2, 0.25) is 0 Å². The molecule has 39 heavy (non-hydrogen) atoms. The van der Waals surface area contributed by atoms with Crippen LogP contribution in [0, 0.1) is 5.92 Å². The van der Waals surface area contributed by atoms with Crippen LogP contribution in [-0.2, 0) is 23.7 Å². The zero-order valence-corrected chi connectivity index (χ0v) is 25.6. The zero-order valence-electron chi connectivity index (χ0n) is 25.6. The summed E-state index contributed by atoms with van der Waals surface area (Å²) in [5, 5.41) is 12.3. The lowest BCUT2D eigenvalue weighted by Gasteiger charge is -2.19. The number of nitrogens with zero attached hydrogens (tertiary/aromatic N) is 1. The molecular formula is C30H60N2O7. The Balaban J connectivity index is 4.29. The van der Waals surface area contributed by atoms with Crippen LogP contribution in [0.25, 0.3) is 0 Å². The number of aliphatic hydroxyl groups is 1. The molecule has 0 rings (SSSR count). The summed E-state index contributed by atoms with van der Waals surface area (Å²) in [6, 6.07) is 0. The van der Waals surface area contributed by atoms with E-state index in [0.29, 0.717) is 26.2 Å². The van der Waals surface area contributed by atoms with Gasteiger partial charge < -0.3 is 34.3 Å². The number of amides is 1. The van der Waals surface area contributed by atoms with E-state index in [-0.39, 0.29) is 32.2 Å². The van der Waals surface area contributed by atoms with Gasteiger partial charge in [-0.3, -0.25) is 4.79 Å². The lowest BCUT2D eigenvalue weighted by Crippen LogP contribution is -2.31. The Kier molecular flexibility index (Phi) is 27.1. The maximum absolute atomic E-state index is 12.3. The van der Waals surface area contributed by atoms with Crippen LogP contribution < -0.4 is 5.32 Å². The summed E-state index contributed by atoms with van der Waals surface area (Å²) < 4.78 is 22.4. The second-order valence-electron chi connectivity index (χ2n) is 10.7. The number of aliphatic hydroxyl groups excluding tert-OH is 1. The smallest absolute Gasteiger partial charge is 0.407 e. The van der Waals surface area contributed by atoms with Crippen LogP contribution in [0.3, 0.4) is 0 Å². The molecule has 9 nitrogen and oxygen atoms in total. The Bertz CT molecular complexity index is 545. The van der Waals surface area contributed by atoms with E-state index < -0.39 is 18.3 Å². The largest absolute Gasteiger partial charge is 0.465 e. The summed E-state index contributed by atoms with van der Waals surface area (Å²) in [5.41, 5.74) is 0. The molecule has 2 N–H and O–H groups in total. The molecule has 0 aliphatic rings. The third-order valence-corrected chi connectivity index (χ3v) is 6.43. The number of ether oxygens (including phenoxy) is 4. The summed E-state index contributed by atoms with van der Waals surface area (Å²) in [4.78, 5) is 26.2. The predicted octanol–water partition coefficient (Wildman–Crippen LogP) is 5.68. The predicted molar refractivity (Wildman–Crippen MR) is 156 cm³/mol. The van der Waals surface area contributed by atoms with Crippen molar-refractivity contribution in [1.82, 2.24) is 10.2 Å². The summed E-state index contributed by atoms with van der Waals surface area (Å²) in [7, 11) is 3.94. The number of hydrogen-bond acceptors (Lipinski definition) is 8. The Labute approximate surface area is 238 Å². The van der Waals surface area contributed by atoms with E-state index in [4.69, 9.17) is 18.9 Å². The van der Waals surface area contributed by atoms with E-state index >= 15 is 0 Å². The van der Waals surface area contributed by atoms with Gasteiger partial charge in [-0.25, -0.2) is 4.79 Å². The maximum Gasteiger partial charge on any atom is 0.407 e. The average molecular weight is 561 g/mol. The number of rotatable bonds is 28. The first-order chi connectivity index (χ1) is 18.9. The van der Waals surface area contributed by atoms with Gasteiger partial charge in [0.1, 0.15) is 6.61 Å². The minimum absolute atomic E-state index is 0.00879. The molecule has 0 saturated heterocycles. The molecule has 0 bridgehead atoms. The summed E-state index contributed by atoms with van der Waals surface area (Å²) in [6.07, 6.45) is 14.7. The van der Waals surface area contributed by atoms with Gasteiger partial charge in [0.05, 0.1) is 25.6 Å². The van der Waals surface area contributed by atoms with Gasteiger partial charge in [0, 0.05) is 26.2 Å². The van der Waals surface area contributed by atoms with Crippen molar-refractivity contribution in [2.45, 2.75) is 116 Å². The highest BCUT2D eigenvalue weighted by Gasteiger charge is 2.17. The second-order valence-corrected chi connectivity index (χ2v) is 10.7. The van der Waals surface area contributed by atoms with Gasteiger partial charge in [-0.05, 0) is 39.9 Å². The summed E-state index contributed by atoms with van der Waals surface area (Å²) in [6.45, 7) is 6.79. The van der Waals surface area contributed by atoms with Crippen molar-refractivity contribution < 1.29 is 33.6 Å². The van der Waals surface area contributed by atoms with Crippen molar-refractivity contribution in [2.75, 3.05) is 60.2 Å². The lowest BCUT2D eigenvalue weighted by molar-refractivity contribution is -0.160. The molecule has 0 saturated carbocycles. The van der Waals surface area contributed by atoms with Crippen LogP contribution in [0.2, 0.25) is 0 Å². The van der Waals surface area contributed by atoms with Crippen LogP contribution in [0.4, 0.5) is 4.79 Å². The van der Waals surface area contributed by atoms with Crippen LogP contribution in [-0.4, -0.2) is 88.6 Å². The van der Waals surface area contributed by atoms with Gasteiger partial charge in [-0.15, -0.1) is 0 Å². The minimum atomic E-state index is -0.536. The number of esters is 1. The number of carbonyl (C=O) groups excluding carboxylic acids is 2. The third-order valence-electron chi connectivity index (χ3n) is 6.43. The van der Waals surface area contributed by atoms with Crippen molar-refractivity contribution in [3.05, 3.63) is 0 Å². The first-order valence-corrected chi connectivity index (χ1v) is 15.5. The van der Waals surface area contributed by atoms with Gasteiger partial charge in [0.25, 0.3) is 0 Å². The SMILES string of the molecule is CCCCCCCCOC(CCC(=O)OCC(CO)COC(=O)NCCCN(C)C)OCCCCCCCC. The van der Waals surface area contributed by atoms with Crippen LogP contribution in [0.1, 0.15) is 110 Å². The Morgan fingerprint density at radius 1 is 0.769 bits per heavy atom. The highest BCUT2D eigenvalue weighted by molar-refractivity contribution is 5.69. The van der Waals surface area contributed by atoms with E-state index in [1.54, 1.807) is 0 Å². The Hall–Kier alpha value is -1.42. The molecule has 0 aromatic heterocycles. The van der Waals surface area contributed by atoms with Crippen LogP contribution in [0.5, 0.6) is 0 Å². The quantitative estimate of drug-likeness (QED) is 0.0716. The monoisotopic (exact) mass is 560 g/mol. The number of hydrogen-bond donors (Lipinski definition) is 2. The van der Waals surface area contributed by atoms with Crippen LogP contribution >= 0.6 is 0 Å². The van der Waals surface area contributed by atoms with Gasteiger partial charge in [-0.1, -0.05) is 78.1 Å². The molecule has 232 valence electrons. The van der Waals surface area contributed by atoms with E-state index in [2.05, 4.69) is 19.2 Å². The minimum Gasteiger partial charge on any atom is -0.465 e. The topological polar surface area (TPSA) is 107 Å². The molecule has 0 spiro atoms. The third kappa shape index (κ3) is 26.6. The van der Waals surface area contributed by atoms with E-state index in [1.165, 1.54) is 51.4 Å². The summed E-state index contributed by atoms with van der Waals surface area (Å²) >= 11 is 0. The normalized spacial score (nSPS) is 12.2. The molecule has 0 aromatic rings. The Morgan fingerprint density at radius 3 is 1.85 bits per heavy atom. The van der Waals surface area contributed by atoms with E-state index in [9.17, 15) is 14.7 Å². The number of nitrogens with one attached hydrogen (secondary N) is 1. The molecule has 0 heterocycles. The van der Waals surface area contributed by atoms with E-state index in [1.807, 2.05) is 19.0 Å². The highest BCUT2D eigenvalue weighted by Crippen LogP contribution is 2.12. The number of alkyl carbamates (subject to hydrolysis) is 1. The maximum atomic E-state index is 12.3. The molecule has 1 amide bonds. The van der Waals surface area contributed by atoms with Crippen molar-refractivity contribution >= 4 is 12.1 Å². The highest BCUT2D eigenvalue weighted by atomic mass is 16.7. The molecule has 9 heteroatoms. The average Bonchev–Trinajstić information content (AvgIpc) is 2.92. The first kappa shape index (κ1) is 37.6. The van der Waals surface area contributed by atoms with Gasteiger partial charge in [0.15, 0.2) is 6.29 Å². The van der Waals surface area contributed by atoms with Gasteiger partial charge >= 0.3 is 12.1 Å². The molecule has 0 fully saturated rings. The fraction of sp³-hybridized carbons (Fsp3) is 0.933. The standard InChI is InChI=1S/C30H60N2O7/c1-5-7-9-11-13-15-22-36-29(37-23-16-14-12-10-8-6-2)19-18-28(34)38-25-27(24-33)26-39-30(35)31-20-17-21-32(3)4/h27,29,33H,5-26H2,1-4H3,(H,31,35). The molecule has 0 aromatic carbocycles. The fourth-order valence-electron chi connectivity index (χ4n) is 3.91. The fourth-order valence-corrected chi connectivity index (χ4v) is 3.91. The molecule has 0 radical (unpaired) electrons. The molecule has 0 aliphatic carbocycles. The number of unbranched alkanes of at least 4 members (excludes halogenated alkanes) is 10. The lowest BCUT2D eigenvalue weighted by atomic mass is 10.1. The van der Waals surface area contributed by atoms with Crippen LogP contribution in [0.15, 0.2) is 0 Å². The van der Waals surface area contributed by atoms with E-state index in [0.717, 1.165) is 38.6 Å². The number of carbonyl (C=O) groups is 2. The first-order valence-electron chi connectivity index (χ1n) is 15.5. The second kappa shape index (κ2) is 28.1. The molecule has 0 aliphatic heterocycles. The zero-order chi connectivity index (χ0) is 29.0. The van der Waals surface area contributed by atoms with Gasteiger partial charge in [-0.2, -0.15) is 0 Å². The molecule has 1 atom stereocenters. The van der Waals surface area contributed by atoms with Crippen molar-refractivity contribution in [1.29, 1.82) is 0 Å². The van der Waals surface area contributed by atoms with Crippen molar-refractivity contribution in [3.63, 3.8) is 0 Å². The van der Waals surface area contributed by atoms with Crippen molar-refractivity contribution in [3.8, 4) is 0 Å². The molecular weight excluding hydrogens is 500 g/mol. The molecule has 1 unspecified atom stereocenters.